The van der Waals surface area contributed by atoms with Crippen LogP contribution in [-0.2, 0) is 0 Å². The first kappa shape index (κ1) is 11.7. The predicted molar refractivity (Wildman–Crippen MR) is 75.2 cm³/mol. The van der Waals surface area contributed by atoms with Gasteiger partial charge in [0.2, 0.25) is 0 Å². The Kier molecular flexibility index (Phi) is 3.04. The molecule has 1 aromatic carbocycles. The molecule has 94 valence electrons. The van der Waals surface area contributed by atoms with Crippen molar-refractivity contribution in [1.29, 1.82) is 0 Å². The van der Waals surface area contributed by atoms with Crippen molar-refractivity contribution in [2.24, 2.45) is 17.6 Å². The monoisotopic (exact) mass is 240 g/mol. The fourth-order valence-corrected chi connectivity index (χ4v) is 3.37. The molecule has 0 bridgehead atoms. The molecule has 2 N–H and O–H groups in total. The maximum absolute atomic E-state index is 6.53. The zero-order valence-electron chi connectivity index (χ0n) is 10.8. The molecule has 3 atom stereocenters. The fraction of sp³-hybridized carbons (Fsp3) is 0.438. The third-order valence-corrected chi connectivity index (χ3v) is 4.47. The maximum Gasteiger partial charge on any atom is 0.0349 e. The first-order valence-corrected chi connectivity index (χ1v) is 6.85. The van der Waals surface area contributed by atoms with E-state index >= 15 is 0 Å². The summed E-state index contributed by atoms with van der Waals surface area (Å²) in [4.78, 5) is 4.25. The Hall–Kier alpha value is -1.41. The van der Waals surface area contributed by atoms with Crippen LogP contribution >= 0.6 is 0 Å². The largest absolute Gasteiger partial charge is 0.324 e. The highest BCUT2D eigenvalue weighted by atomic mass is 14.7. The third-order valence-electron chi connectivity index (χ3n) is 4.47. The standard InChI is InChI=1S/C16H20N2/c1-11-4-2-6-13(11)16(17)14-7-3-5-12-8-9-18-10-15(12)14/h3,5,7-11,13,16H,2,4,6,17H2,1H3. The zero-order valence-corrected chi connectivity index (χ0v) is 10.8. The molecule has 1 saturated carbocycles. The minimum atomic E-state index is 0.149. The van der Waals surface area contributed by atoms with Gasteiger partial charge in [0.15, 0.2) is 0 Å². The summed E-state index contributed by atoms with van der Waals surface area (Å²) in [7, 11) is 0. The Morgan fingerprint density at radius 3 is 2.94 bits per heavy atom. The molecule has 0 amide bonds. The second kappa shape index (κ2) is 4.69. The van der Waals surface area contributed by atoms with Crippen LogP contribution in [0.5, 0.6) is 0 Å². The van der Waals surface area contributed by atoms with Crippen LogP contribution in [0.1, 0.15) is 37.8 Å². The van der Waals surface area contributed by atoms with Crippen molar-refractivity contribution in [1.82, 2.24) is 4.98 Å². The van der Waals surface area contributed by atoms with Gasteiger partial charge in [-0.15, -0.1) is 0 Å². The number of hydrogen-bond donors (Lipinski definition) is 1. The Morgan fingerprint density at radius 2 is 2.17 bits per heavy atom. The number of nitrogens with zero attached hydrogens (tertiary/aromatic N) is 1. The number of fused-ring (bicyclic) bond motifs is 1. The van der Waals surface area contributed by atoms with Crippen molar-refractivity contribution in [3.8, 4) is 0 Å². The normalized spacial score (nSPS) is 25.4. The molecule has 2 aromatic rings. The van der Waals surface area contributed by atoms with Crippen LogP contribution in [-0.4, -0.2) is 4.98 Å². The van der Waals surface area contributed by atoms with Crippen molar-refractivity contribution in [3.63, 3.8) is 0 Å². The summed E-state index contributed by atoms with van der Waals surface area (Å²) >= 11 is 0. The highest BCUT2D eigenvalue weighted by molar-refractivity contribution is 5.85. The minimum absolute atomic E-state index is 0.149. The van der Waals surface area contributed by atoms with Crippen LogP contribution in [0.3, 0.4) is 0 Å². The zero-order chi connectivity index (χ0) is 12.5. The molecule has 3 unspecified atom stereocenters. The highest BCUT2D eigenvalue weighted by Gasteiger charge is 2.30. The number of benzene rings is 1. The summed E-state index contributed by atoms with van der Waals surface area (Å²) in [6.07, 6.45) is 7.70. The summed E-state index contributed by atoms with van der Waals surface area (Å²) in [6, 6.07) is 8.61. The van der Waals surface area contributed by atoms with Gasteiger partial charge in [0.25, 0.3) is 0 Å². The van der Waals surface area contributed by atoms with E-state index in [1.807, 2.05) is 12.4 Å². The van der Waals surface area contributed by atoms with Gasteiger partial charge in [0.05, 0.1) is 0 Å². The molecule has 1 aliphatic rings. The van der Waals surface area contributed by atoms with E-state index in [0.29, 0.717) is 5.92 Å². The van der Waals surface area contributed by atoms with Crippen LogP contribution in [0.4, 0.5) is 0 Å². The lowest BCUT2D eigenvalue weighted by molar-refractivity contribution is 0.352. The molecule has 2 heteroatoms. The van der Waals surface area contributed by atoms with Gasteiger partial charge in [0.1, 0.15) is 0 Å². The lowest BCUT2D eigenvalue weighted by Crippen LogP contribution is -2.23. The number of rotatable bonds is 2. The number of aromatic nitrogens is 1. The van der Waals surface area contributed by atoms with Gasteiger partial charge in [0, 0.05) is 23.8 Å². The van der Waals surface area contributed by atoms with E-state index in [4.69, 9.17) is 5.73 Å². The summed E-state index contributed by atoms with van der Waals surface area (Å²) in [5.41, 5.74) is 7.79. The van der Waals surface area contributed by atoms with Crippen LogP contribution in [0.15, 0.2) is 36.7 Å². The van der Waals surface area contributed by atoms with Crippen LogP contribution < -0.4 is 5.73 Å². The molecular formula is C16H20N2. The second-order valence-corrected chi connectivity index (χ2v) is 5.54. The van der Waals surface area contributed by atoms with Crippen molar-refractivity contribution in [3.05, 3.63) is 42.2 Å². The lowest BCUT2D eigenvalue weighted by atomic mass is 9.85. The van der Waals surface area contributed by atoms with Crippen molar-refractivity contribution in [2.45, 2.75) is 32.2 Å². The molecule has 0 saturated heterocycles. The molecule has 3 rings (SSSR count). The average molecular weight is 240 g/mol. The molecule has 0 radical (unpaired) electrons. The van der Waals surface area contributed by atoms with Crippen LogP contribution in [0, 0.1) is 11.8 Å². The molecule has 1 fully saturated rings. The summed E-state index contributed by atoms with van der Waals surface area (Å²) in [6.45, 7) is 2.33. The highest BCUT2D eigenvalue weighted by Crippen LogP contribution is 2.40. The Morgan fingerprint density at radius 1 is 1.28 bits per heavy atom. The number of pyridine rings is 1. The SMILES string of the molecule is CC1CCCC1C(N)c1cccc2ccncc12. The van der Waals surface area contributed by atoms with Gasteiger partial charge in [-0.05, 0) is 35.3 Å². The smallest absolute Gasteiger partial charge is 0.0349 e. The van der Waals surface area contributed by atoms with Crippen LogP contribution in [0.2, 0.25) is 0 Å². The fourth-order valence-electron chi connectivity index (χ4n) is 3.37. The molecule has 0 aliphatic heterocycles. The van der Waals surface area contributed by atoms with E-state index in [1.54, 1.807) is 0 Å². The lowest BCUT2D eigenvalue weighted by Gasteiger charge is -2.24. The van der Waals surface area contributed by atoms with Crippen molar-refractivity contribution < 1.29 is 0 Å². The summed E-state index contributed by atoms with van der Waals surface area (Å²) < 4.78 is 0. The topological polar surface area (TPSA) is 38.9 Å². The van der Waals surface area contributed by atoms with Gasteiger partial charge in [-0.2, -0.15) is 0 Å². The Bertz CT molecular complexity index is 544. The van der Waals surface area contributed by atoms with E-state index in [1.165, 1.54) is 35.6 Å². The first-order chi connectivity index (χ1) is 8.77. The van der Waals surface area contributed by atoms with E-state index in [2.05, 4.69) is 36.2 Å². The van der Waals surface area contributed by atoms with E-state index < -0.39 is 0 Å². The van der Waals surface area contributed by atoms with Crippen LogP contribution in [0.25, 0.3) is 10.8 Å². The average Bonchev–Trinajstić information content (AvgIpc) is 2.83. The van der Waals surface area contributed by atoms with Crippen molar-refractivity contribution >= 4 is 10.8 Å². The quantitative estimate of drug-likeness (QED) is 0.869. The van der Waals surface area contributed by atoms with Gasteiger partial charge in [-0.25, -0.2) is 0 Å². The minimum Gasteiger partial charge on any atom is -0.324 e. The Balaban J connectivity index is 2.03. The third kappa shape index (κ3) is 1.91. The molecule has 1 aliphatic carbocycles. The Labute approximate surface area is 108 Å². The molecule has 1 aromatic heterocycles. The second-order valence-electron chi connectivity index (χ2n) is 5.54. The van der Waals surface area contributed by atoms with E-state index in [0.717, 1.165) is 5.92 Å². The number of hydrogen-bond acceptors (Lipinski definition) is 2. The summed E-state index contributed by atoms with van der Waals surface area (Å²) in [5, 5.41) is 2.45. The van der Waals surface area contributed by atoms with Gasteiger partial charge < -0.3 is 5.73 Å². The maximum atomic E-state index is 6.53. The molecular weight excluding hydrogens is 220 g/mol. The van der Waals surface area contributed by atoms with Crippen molar-refractivity contribution in [2.75, 3.05) is 0 Å². The first-order valence-electron chi connectivity index (χ1n) is 6.85. The predicted octanol–water partition coefficient (Wildman–Crippen LogP) is 3.67. The number of nitrogens with two attached hydrogens (primary N) is 1. The van der Waals surface area contributed by atoms with E-state index in [-0.39, 0.29) is 6.04 Å². The summed E-state index contributed by atoms with van der Waals surface area (Å²) in [5.74, 6) is 1.36. The molecule has 1 heterocycles. The van der Waals surface area contributed by atoms with Gasteiger partial charge >= 0.3 is 0 Å². The molecule has 2 nitrogen and oxygen atoms in total. The van der Waals surface area contributed by atoms with E-state index in [9.17, 15) is 0 Å². The molecule has 0 spiro atoms. The van der Waals surface area contributed by atoms with Gasteiger partial charge in [-0.3, -0.25) is 4.98 Å². The molecule has 18 heavy (non-hydrogen) atoms. The van der Waals surface area contributed by atoms with Gasteiger partial charge in [-0.1, -0.05) is 38.0 Å².